The Morgan fingerprint density at radius 1 is 0.455 bits per heavy atom. The van der Waals surface area contributed by atoms with E-state index in [0.29, 0.717) is 0 Å². The summed E-state index contributed by atoms with van der Waals surface area (Å²) in [6.07, 6.45) is 2.07. The van der Waals surface area contributed by atoms with Gasteiger partial charge in [-0.3, -0.25) is 4.98 Å². The van der Waals surface area contributed by atoms with Gasteiger partial charge >= 0.3 is 0 Å². The van der Waals surface area contributed by atoms with Crippen molar-refractivity contribution in [1.29, 1.82) is 0 Å². The first kappa shape index (κ1) is 31.7. The van der Waals surface area contributed by atoms with Gasteiger partial charge in [-0.2, -0.15) is 0 Å². The third-order valence-electron chi connectivity index (χ3n) is 11.4. The van der Waals surface area contributed by atoms with Gasteiger partial charge in [0.15, 0.2) is 0 Å². The Labute approximate surface area is 324 Å². The molecule has 0 radical (unpaired) electrons. The Bertz CT molecular complexity index is 3000. The number of fused-ring (bicyclic) bond motifs is 8. The lowest BCUT2D eigenvalue weighted by Crippen LogP contribution is -2.28. The van der Waals surface area contributed by atoms with Gasteiger partial charge in [0.05, 0.1) is 33.2 Å². The number of hydrogen-bond donors (Lipinski definition) is 0. The molecule has 55 heavy (non-hydrogen) atoms. The second-order valence-corrected chi connectivity index (χ2v) is 15.4. The Morgan fingerprint density at radius 2 is 1.09 bits per heavy atom. The van der Waals surface area contributed by atoms with Gasteiger partial charge in [0.25, 0.3) is 0 Å². The van der Waals surface area contributed by atoms with Crippen LogP contribution in [0.25, 0.3) is 53.3 Å². The zero-order chi connectivity index (χ0) is 36.3. The van der Waals surface area contributed by atoms with Crippen LogP contribution in [-0.2, 0) is 5.41 Å². The van der Waals surface area contributed by atoms with Crippen LogP contribution in [0.2, 0.25) is 0 Å². The van der Waals surface area contributed by atoms with Gasteiger partial charge in [0, 0.05) is 21.3 Å². The standard InChI is InChI=1S/C52H34N2S/c1-4-16-35(17-5-1)41-23-13-15-27-47(41)54(40-33-49-51(53-34-40)50-42-24-11-10-18-36(42)28-31-48(50)55-49)39-29-30-44-43-25-12-14-26-45(43)52(46(44)32-39,37-19-6-2-7-20-37)38-21-8-3-9-22-38/h1-34H. The van der Waals surface area contributed by atoms with E-state index in [4.69, 9.17) is 4.98 Å². The molecule has 258 valence electrons. The molecular weight excluding hydrogens is 685 g/mol. The molecule has 0 saturated carbocycles. The number of hydrogen-bond acceptors (Lipinski definition) is 3. The average molecular weight is 719 g/mol. The molecule has 8 aromatic carbocycles. The second kappa shape index (κ2) is 12.7. The summed E-state index contributed by atoms with van der Waals surface area (Å²) in [4.78, 5) is 7.71. The SMILES string of the molecule is c1ccc(-c2ccccc2N(c2ccc3c(c2)C(c2ccccc2)(c2ccccc2)c2ccccc2-3)c2cnc3c(c2)sc2ccc4ccccc4c23)cc1. The summed E-state index contributed by atoms with van der Waals surface area (Å²) >= 11 is 1.82. The molecule has 11 rings (SSSR count). The van der Waals surface area contributed by atoms with Crippen LogP contribution in [-0.4, -0.2) is 4.98 Å². The zero-order valence-electron chi connectivity index (χ0n) is 29.9. The fraction of sp³-hybridized carbons (Fsp3) is 0.0192. The molecule has 2 nitrogen and oxygen atoms in total. The first-order chi connectivity index (χ1) is 27.3. The molecule has 0 saturated heterocycles. The largest absolute Gasteiger partial charge is 0.308 e. The summed E-state index contributed by atoms with van der Waals surface area (Å²) in [6.45, 7) is 0. The number of rotatable bonds is 6. The second-order valence-electron chi connectivity index (χ2n) is 14.3. The number of para-hydroxylation sites is 1. The quantitative estimate of drug-likeness (QED) is 0.170. The van der Waals surface area contributed by atoms with Crippen LogP contribution in [0, 0.1) is 0 Å². The first-order valence-corrected chi connectivity index (χ1v) is 19.6. The Balaban J connectivity index is 1.20. The molecular formula is C52H34N2S. The highest BCUT2D eigenvalue weighted by Crippen LogP contribution is 2.57. The molecule has 2 heterocycles. The van der Waals surface area contributed by atoms with Crippen LogP contribution in [0.15, 0.2) is 206 Å². The van der Waals surface area contributed by atoms with E-state index < -0.39 is 5.41 Å². The molecule has 0 aliphatic heterocycles. The lowest BCUT2D eigenvalue weighted by atomic mass is 9.67. The molecule has 0 bridgehead atoms. The number of thiophene rings is 1. The van der Waals surface area contributed by atoms with E-state index in [1.54, 1.807) is 0 Å². The van der Waals surface area contributed by atoms with E-state index in [1.165, 1.54) is 64.5 Å². The Morgan fingerprint density at radius 3 is 1.87 bits per heavy atom. The maximum absolute atomic E-state index is 5.29. The maximum Gasteiger partial charge on any atom is 0.0896 e. The summed E-state index contributed by atoms with van der Waals surface area (Å²) in [6, 6.07) is 73.0. The summed E-state index contributed by atoms with van der Waals surface area (Å²) < 4.78 is 2.42. The lowest BCUT2D eigenvalue weighted by Gasteiger charge is -2.35. The van der Waals surface area contributed by atoms with E-state index in [1.807, 2.05) is 11.3 Å². The van der Waals surface area contributed by atoms with Crippen LogP contribution in [0.3, 0.4) is 0 Å². The lowest BCUT2D eigenvalue weighted by molar-refractivity contribution is 0.768. The fourth-order valence-corrected chi connectivity index (χ4v) is 10.2. The number of benzene rings is 8. The van der Waals surface area contributed by atoms with Crippen LogP contribution in [0.1, 0.15) is 22.3 Å². The van der Waals surface area contributed by atoms with Crippen molar-refractivity contribution in [1.82, 2.24) is 4.98 Å². The molecule has 1 aliphatic carbocycles. The Kier molecular flexibility index (Phi) is 7.29. The molecule has 3 heteroatoms. The molecule has 0 amide bonds. The smallest absolute Gasteiger partial charge is 0.0896 e. The topological polar surface area (TPSA) is 16.1 Å². The average Bonchev–Trinajstić information content (AvgIpc) is 3.78. The van der Waals surface area contributed by atoms with E-state index in [9.17, 15) is 0 Å². The number of pyridine rings is 1. The van der Waals surface area contributed by atoms with Gasteiger partial charge < -0.3 is 4.90 Å². The van der Waals surface area contributed by atoms with Gasteiger partial charge in [0.1, 0.15) is 0 Å². The molecule has 2 aromatic heterocycles. The minimum Gasteiger partial charge on any atom is -0.308 e. The van der Waals surface area contributed by atoms with Crippen molar-refractivity contribution in [3.63, 3.8) is 0 Å². The third-order valence-corrected chi connectivity index (χ3v) is 12.5. The van der Waals surface area contributed by atoms with E-state index in [2.05, 4.69) is 211 Å². The van der Waals surface area contributed by atoms with Gasteiger partial charge in [0.2, 0.25) is 0 Å². The highest BCUT2D eigenvalue weighted by atomic mass is 32.1. The maximum atomic E-state index is 5.29. The van der Waals surface area contributed by atoms with Gasteiger partial charge in [-0.25, -0.2) is 0 Å². The Hall–Kier alpha value is -6.81. The van der Waals surface area contributed by atoms with Crippen molar-refractivity contribution >= 4 is 59.5 Å². The fourth-order valence-electron chi connectivity index (χ4n) is 9.05. The summed E-state index contributed by atoms with van der Waals surface area (Å²) in [5.41, 5.74) is 13.7. The van der Waals surface area contributed by atoms with E-state index in [-0.39, 0.29) is 0 Å². The van der Waals surface area contributed by atoms with Crippen molar-refractivity contribution < 1.29 is 0 Å². The minimum absolute atomic E-state index is 0.510. The van der Waals surface area contributed by atoms with Crippen molar-refractivity contribution in [2.24, 2.45) is 0 Å². The summed E-state index contributed by atoms with van der Waals surface area (Å²) in [5, 5.41) is 3.71. The van der Waals surface area contributed by atoms with Crippen LogP contribution >= 0.6 is 11.3 Å². The molecule has 10 aromatic rings. The predicted octanol–water partition coefficient (Wildman–Crippen LogP) is 14.1. The number of aromatic nitrogens is 1. The number of nitrogens with zero attached hydrogens (tertiary/aromatic N) is 2. The highest BCUT2D eigenvalue weighted by Gasteiger charge is 2.46. The van der Waals surface area contributed by atoms with Crippen molar-refractivity contribution in [3.05, 3.63) is 229 Å². The molecule has 0 atom stereocenters. The zero-order valence-corrected chi connectivity index (χ0v) is 30.7. The van der Waals surface area contributed by atoms with Crippen LogP contribution in [0.4, 0.5) is 17.1 Å². The minimum atomic E-state index is -0.510. The predicted molar refractivity (Wildman–Crippen MR) is 232 cm³/mol. The first-order valence-electron chi connectivity index (χ1n) is 18.8. The number of anilines is 3. The molecule has 0 N–H and O–H groups in total. The van der Waals surface area contributed by atoms with Crippen LogP contribution < -0.4 is 4.90 Å². The van der Waals surface area contributed by atoms with Crippen molar-refractivity contribution in [2.75, 3.05) is 4.90 Å². The molecule has 0 unspecified atom stereocenters. The highest BCUT2D eigenvalue weighted by molar-refractivity contribution is 7.26. The molecule has 0 spiro atoms. The van der Waals surface area contributed by atoms with E-state index >= 15 is 0 Å². The van der Waals surface area contributed by atoms with Crippen LogP contribution in [0.5, 0.6) is 0 Å². The summed E-state index contributed by atoms with van der Waals surface area (Å²) in [7, 11) is 0. The monoisotopic (exact) mass is 718 g/mol. The van der Waals surface area contributed by atoms with Gasteiger partial charge in [-0.1, -0.05) is 170 Å². The molecule has 1 aliphatic rings. The van der Waals surface area contributed by atoms with Crippen molar-refractivity contribution in [2.45, 2.75) is 5.41 Å². The molecule has 0 fully saturated rings. The van der Waals surface area contributed by atoms with Gasteiger partial charge in [-0.15, -0.1) is 11.3 Å². The third kappa shape index (κ3) is 4.83. The summed E-state index contributed by atoms with van der Waals surface area (Å²) in [5.74, 6) is 0. The van der Waals surface area contributed by atoms with Crippen molar-refractivity contribution in [3.8, 4) is 22.3 Å². The normalized spacial score (nSPS) is 12.9. The van der Waals surface area contributed by atoms with Gasteiger partial charge in [-0.05, 0) is 80.0 Å². The van der Waals surface area contributed by atoms with E-state index in [0.717, 1.165) is 28.1 Å².